The van der Waals surface area contributed by atoms with Gasteiger partial charge in [0.05, 0.1) is 5.41 Å². The van der Waals surface area contributed by atoms with Crippen molar-refractivity contribution in [2.24, 2.45) is 11.1 Å². The zero-order valence-corrected chi connectivity index (χ0v) is 9.99. The number of nitrogens with two attached hydrogens (primary N) is 1. The van der Waals surface area contributed by atoms with Crippen molar-refractivity contribution in [3.8, 4) is 0 Å². The van der Waals surface area contributed by atoms with E-state index in [0.29, 0.717) is 17.8 Å². The number of nitrogens with one attached hydrogen (secondary N) is 1. The van der Waals surface area contributed by atoms with Crippen molar-refractivity contribution in [1.82, 2.24) is 5.32 Å². The molecule has 0 aromatic rings. The smallest absolute Gasteiger partial charge is 0.224 e. The van der Waals surface area contributed by atoms with Gasteiger partial charge in [0.25, 0.3) is 0 Å². The molecule has 1 aliphatic rings. The average molecular weight is 216 g/mol. The second kappa shape index (κ2) is 4.53. The topological polar surface area (TPSA) is 55.1 Å². The van der Waals surface area contributed by atoms with E-state index < -0.39 is 5.41 Å². The van der Waals surface area contributed by atoms with Gasteiger partial charge < -0.3 is 11.1 Å². The maximum Gasteiger partial charge on any atom is 0.224 e. The fraction of sp³-hybridized carbons (Fsp3) is 0.900. The Kier molecular flexibility index (Phi) is 3.84. The van der Waals surface area contributed by atoms with Gasteiger partial charge >= 0.3 is 0 Å². The SMILES string of the molecule is CC1SCCC1NCC(C)(C)C(N)=O. The van der Waals surface area contributed by atoms with Gasteiger partial charge in [0.15, 0.2) is 0 Å². The van der Waals surface area contributed by atoms with E-state index in [0.717, 1.165) is 0 Å². The Bertz CT molecular complexity index is 218. The number of carbonyl (C=O) groups excluding carboxylic acids is 1. The lowest BCUT2D eigenvalue weighted by Gasteiger charge is -2.25. The van der Waals surface area contributed by atoms with Crippen LogP contribution in [0.2, 0.25) is 0 Å². The highest BCUT2D eigenvalue weighted by atomic mass is 32.2. The third-order valence-electron chi connectivity index (χ3n) is 2.85. The lowest BCUT2D eigenvalue weighted by molar-refractivity contribution is -0.125. The fourth-order valence-electron chi connectivity index (χ4n) is 1.47. The standard InChI is InChI=1S/C10H20N2OS/c1-7-8(4-5-14-7)12-6-10(2,3)9(11)13/h7-8,12H,4-6H2,1-3H3,(H2,11,13). The Morgan fingerprint density at radius 1 is 1.64 bits per heavy atom. The third kappa shape index (κ3) is 2.89. The molecule has 1 heterocycles. The first-order valence-electron chi connectivity index (χ1n) is 5.08. The predicted octanol–water partition coefficient (Wildman–Crippen LogP) is 0.981. The molecular weight excluding hydrogens is 196 g/mol. The summed E-state index contributed by atoms with van der Waals surface area (Å²) in [5.41, 5.74) is 4.87. The van der Waals surface area contributed by atoms with E-state index in [1.165, 1.54) is 12.2 Å². The quantitative estimate of drug-likeness (QED) is 0.736. The molecule has 1 aliphatic heterocycles. The summed E-state index contributed by atoms with van der Waals surface area (Å²) in [7, 11) is 0. The van der Waals surface area contributed by atoms with Gasteiger partial charge in [0.2, 0.25) is 5.91 Å². The molecule has 3 N–H and O–H groups in total. The monoisotopic (exact) mass is 216 g/mol. The van der Waals surface area contributed by atoms with Gasteiger partial charge in [-0.1, -0.05) is 6.92 Å². The summed E-state index contributed by atoms with van der Waals surface area (Å²) >= 11 is 1.99. The van der Waals surface area contributed by atoms with Crippen LogP contribution in [0.25, 0.3) is 0 Å². The lowest BCUT2D eigenvalue weighted by Crippen LogP contribution is -2.45. The first-order chi connectivity index (χ1) is 6.43. The minimum absolute atomic E-state index is 0.233. The van der Waals surface area contributed by atoms with Crippen molar-refractivity contribution >= 4 is 17.7 Å². The van der Waals surface area contributed by atoms with Crippen LogP contribution in [-0.4, -0.2) is 29.5 Å². The van der Waals surface area contributed by atoms with Crippen LogP contribution in [0.4, 0.5) is 0 Å². The summed E-state index contributed by atoms with van der Waals surface area (Å²) in [6, 6.07) is 0.540. The molecule has 1 amide bonds. The van der Waals surface area contributed by atoms with Crippen molar-refractivity contribution < 1.29 is 4.79 Å². The predicted molar refractivity (Wildman–Crippen MR) is 61.3 cm³/mol. The molecule has 0 spiro atoms. The molecule has 2 unspecified atom stereocenters. The highest BCUT2D eigenvalue weighted by Crippen LogP contribution is 2.26. The summed E-state index contributed by atoms with van der Waals surface area (Å²) in [4.78, 5) is 11.1. The third-order valence-corrected chi connectivity index (χ3v) is 4.18. The highest BCUT2D eigenvalue weighted by Gasteiger charge is 2.29. The van der Waals surface area contributed by atoms with Crippen LogP contribution < -0.4 is 11.1 Å². The summed E-state index contributed by atoms with van der Waals surface area (Å²) in [5, 5.41) is 4.08. The molecule has 82 valence electrons. The first kappa shape index (κ1) is 11.9. The molecule has 4 heteroatoms. The normalized spacial score (nSPS) is 27.9. The van der Waals surface area contributed by atoms with Crippen LogP contribution in [0.5, 0.6) is 0 Å². The van der Waals surface area contributed by atoms with Crippen LogP contribution in [0.15, 0.2) is 0 Å². The van der Waals surface area contributed by atoms with E-state index in [9.17, 15) is 4.79 Å². The number of primary amides is 1. The summed E-state index contributed by atoms with van der Waals surface area (Å²) in [6.07, 6.45) is 1.20. The average Bonchev–Trinajstić information content (AvgIpc) is 2.47. The maximum absolute atomic E-state index is 11.1. The van der Waals surface area contributed by atoms with Crippen molar-refractivity contribution in [3.63, 3.8) is 0 Å². The van der Waals surface area contributed by atoms with Crippen LogP contribution in [0.3, 0.4) is 0 Å². The van der Waals surface area contributed by atoms with Gasteiger partial charge in [0, 0.05) is 17.8 Å². The molecule has 1 fully saturated rings. The van der Waals surface area contributed by atoms with Gasteiger partial charge in [-0.05, 0) is 26.0 Å². The van der Waals surface area contributed by atoms with Gasteiger partial charge in [-0.25, -0.2) is 0 Å². The molecule has 0 aromatic carbocycles. The minimum atomic E-state index is -0.438. The zero-order valence-electron chi connectivity index (χ0n) is 9.17. The van der Waals surface area contributed by atoms with Gasteiger partial charge in [0.1, 0.15) is 0 Å². The van der Waals surface area contributed by atoms with E-state index in [1.807, 2.05) is 25.6 Å². The molecule has 0 radical (unpaired) electrons. The second-order valence-corrected chi connectivity index (χ2v) is 6.09. The molecule has 14 heavy (non-hydrogen) atoms. The Labute approximate surface area is 90.2 Å². The van der Waals surface area contributed by atoms with Crippen LogP contribution in [0, 0.1) is 5.41 Å². The fourth-order valence-corrected chi connectivity index (χ4v) is 2.70. The van der Waals surface area contributed by atoms with Crippen molar-refractivity contribution in [3.05, 3.63) is 0 Å². The molecule has 1 saturated heterocycles. The maximum atomic E-state index is 11.1. The summed E-state index contributed by atoms with van der Waals surface area (Å²) in [6.45, 7) is 6.68. The van der Waals surface area contributed by atoms with Crippen molar-refractivity contribution in [2.75, 3.05) is 12.3 Å². The largest absolute Gasteiger partial charge is 0.369 e. The van der Waals surface area contributed by atoms with Crippen LogP contribution in [0.1, 0.15) is 27.2 Å². The van der Waals surface area contributed by atoms with Gasteiger partial charge in [-0.3, -0.25) is 4.79 Å². The van der Waals surface area contributed by atoms with Gasteiger partial charge in [-0.2, -0.15) is 11.8 Å². The zero-order chi connectivity index (χ0) is 10.8. The van der Waals surface area contributed by atoms with E-state index in [2.05, 4.69) is 12.2 Å². The number of hydrogen-bond acceptors (Lipinski definition) is 3. The Balaban J connectivity index is 2.36. The van der Waals surface area contributed by atoms with E-state index in [4.69, 9.17) is 5.73 Å². The summed E-state index contributed by atoms with van der Waals surface area (Å²) in [5.74, 6) is 0.985. The van der Waals surface area contributed by atoms with Crippen molar-refractivity contribution in [2.45, 2.75) is 38.5 Å². The lowest BCUT2D eigenvalue weighted by atomic mass is 9.92. The number of carbonyl (C=O) groups is 1. The summed E-state index contributed by atoms with van der Waals surface area (Å²) < 4.78 is 0. The van der Waals surface area contributed by atoms with Crippen LogP contribution >= 0.6 is 11.8 Å². The Hall–Kier alpha value is -0.220. The number of thioether (sulfide) groups is 1. The molecule has 3 nitrogen and oxygen atoms in total. The second-order valence-electron chi connectivity index (χ2n) is 4.60. The minimum Gasteiger partial charge on any atom is -0.369 e. The molecule has 0 aromatic heterocycles. The van der Waals surface area contributed by atoms with E-state index >= 15 is 0 Å². The Morgan fingerprint density at radius 3 is 2.71 bits per heavy atom. The van der Waals surface area contributed by atoms with E-state index in [1.54, 1.807) is 0 Å². The molecule has 1 rings (SSSR count). The number of amides is 1. The molecule has 0 saturated carbocycles. The van der Waals surface area contributed by atoms with E-state index in [-0.39, 0.29) is 5.91 Å². The molecule has 0 bridgehead atoms. The van der Waals surface area contributed by atoms with Gasteiger partial charge in [-0.15, -0.1) is 0 Å². The number of rotatable bonds is 4. The van der Waals surface area contributed by atoms with Crippen LogP contribution in [-0.2, 0) is 4.79 Å². The van der Waals surface area contributed by atoms with Crippen molar-refractivity contribution in [1.29, 1.82) is 0 Å². The Morgan fingerprint density at radius 2 is 2.29 bits per heavy atom. The molecule has 2 atom stereocenters. The molecular formula is C10H20N2OS. The molecule has 0 aliphatic carbocycles. The number of hydrogen-bond donors (Lipinski definition) is 2. The highest BCUT2D eigenvalue weighted by molar-refractivity contribution is 8.00. The first-order valence-corrected chi connectivity index (χ1v) is 6.13.